The van der Waals surface area contributed by atoms with Crippen molar-refractivity contribution in [2.75, 3.05) is 6.54 Å². The molecular weight excluding hydrogens is 334 g/mol. The summed E-state index contributed by atoms with van der Waals surface area (Å²) in [6.45, 7) is 7.96. The molecule has 1 saturated heterocycles. The average Bonchev–Trinajstić information content (AvgIpc) is 3.13. The number of ether oxygens (including phenoxy) is 1. The summed E-state index contributed by atoms with van der Waals surface area (Å²) in [5.41, 5.74) is 2.30. The van der Waals surface area contributed by atoms with E-state index in [-0.39, 0.29) is 11.7 Å². The normalized spacial score (nSPS) is 24.9. The Labute approximate surface area is 153 Å². The molecule has 1 fully saturated rings. The van der Waals surface area contributed by atoms with Gasteiger partial charge in [0.15, 0.2) is 5.60 Å². The number of aliphatic carboxylic acids is 1. The van der Waals surface area contributed by atoms with E-state index < -0.39 is 17.6 Å². The van der Waals surface area contributed by atoms with Gasteiger partial charge in [-0.15, -0.1) is 0 Å². The Hall–Kier alpha value is -2.24. The van der Waals surface area contributed by atoms with Gasteiger partial charge in [0.05, 0.1) is 0 Å². The van der Waals surface area contributed by atoms with Crippen LogP contribution in [-0.4, -0.2) is 45.2 Å². The quantitative estimate of drug-likeness (QED) is 0.864. The number of carboxylic acid groups (broad SMARTS) is 1. The fourth-order valence-electron chi connectivity index (χ4n) is 4.26. The number of phenols is 1. The van der Waals surface area contributed by atoms with Gasteiger partial charge in [-0.1, -0.05) is 6.92 Å². The summed E-state index contributed by atoms with van der Waals surface area (Å²) < 4.78 is 6.32. The number of carbonyl (C=O) groups is 2. The molecule has 142 valence electrons. The zero-order valence-electron chi connectivity index (χ0n) is 15.9. The first-order valence-electron chi connectivity index (χ1n) is 9.28. The van der Waals surface area contributed by atoms with Crippen LogP contribution in [0.25, 0.3) is 0 Å². The number of amides is 1. The number of phenolic OH excluding ortho intramolecular Hbond substituents is 1. The summed E-state index contributed by atoms with van der Waals surface area (Å²) in [6.07, 6.45) is 2.78. The first-order valence-corrected chi connectivity index (χ1v) is 9.28. The maximum Gasteiger partial charge on any atom is 0.326 e. The van der Waals surface area contributed by atoms with Crippen LogP contribution >= 0.6 is 0 Å². The second-order valence-corrected chi connectivity index (χ2v) is 7.48. The molecule has 1 unspecified atom stereocenters. The van der Waals surface area contributed by atoms with E-state index in [0.29, 0.717) is 44.4 Å². The summed E-state index contributed by atoms with van der Waals surface area (Å²) in [5, 5.41) is 19.7. The molecule has 0 bridgehead atoms. The molecule has 1 aromatic rings. The van der Waals surface area contributed by atoms with Crippen LogP contribution in [0.5, 0.6) is 11.5 Å². The molecule has 2 heterocycles. The molecular formula is C20H27NO5. The van der Waals surface area contributed by atoms with Gasteiger partial charge in [-0.25, -0.2) is 4.79 Å². The smallest absolute Gasteiger partial charge is 0.326 e. The fraction of sp³-hybridized carbons (Fsp3) is 0.600. The number of nitrogens with zero attached hydrogens (tertiary/aromatic N) is 1. The third kappa shape index (κ3) is 2.63. The van der Waals surface area contributed by atoms with Gasteiger partial charge in [-0.05, 0) is 63.1 Å². The minimum atomic E-state index is -1.04. The molecule has 0 aliphatic carbocycles. The van der Waals surface area contributed by atoms with E-state index in [4.69, 9.17) is 4.74 Å². The van der Waals surface area contributed by atoms with Gasteiger partial charge in [0.25, 0.3) is 5.91 Å². The van der Waals surface area contributed by atoms with Gasteiger partial charge in [-0.3, -0.25) is 4.79 Å². The van der Waals surface area contributed by atoms with Crippen LogP contribution in [0.3, 0.4) is 0 Å². The second kappa shape index (κ2) is 6.49. The first kappa shape index (κ1) is 18.5. The second-order valence-electron chi connectivity index (χ2n) is 7.48. The van der Waals surface area contributed by atoms with Crippen molar-refractivity contribution in [2.45, 2.75) is 71.4 Å². The Morgan fingerprint density at radius 2 is 1.92 bits per heavy atom. The molecule has 1 amide bonds. The molecule has 26 heavy (non-hydrogen) atoms. The van der Waals surface area contributed by atoms with Crippen molar-refractivity contribution >= 4 is 11.9 Å². The lowest BCUT2D eigenvalue weighted by Crippen LogP contribution is -2.56. The van der Waals surface area contributed by atoms with Crippen LogP contribution in [-0.2, 0) is 16.0 Å². The first-order chi connectivity index (χ1) is 12.2. The van der Waals surface area contributed by atoms with Gasteiger partial charge in [0, 0.05) is 18.5 Å². The van der Waals surface area contributed by atoms with Crippen molar-refractivity contribution in [2.24, 2.45) is 0 Å². The molecule has 2 aliphatic rings. The number of fused-ring (bicyclic) bond motifs is 1. The Morgan fingerprint density at radius 3 is 2.54 bits per heavy atom. The number of hydrogen-bond donors (Lipinski definition) is 2. The molecule has 1 aromatic carbocycles. The Kier molecular flexibility index (Phi) is 4.63. The maximum atomic E-state index is 13.3. The van der Waals surface area contributed by atoms with Crippen molar-refractivity contribution < 1.29 is 24.5 Å². The van der Waals surface area contributed by atoms with E-state index >= 15 is 0 Å². The van der Waals surface area contributed by atoms with Crippen molar-refractivity contribution in [3.8, 4) is 11.5 Å². The standard InChI is InChI=1S/C20H27NO5/c1-5-20(19(25)21-10-6-7-15(21)18(23)24)9-8-14-13(4)16(22)11(2)12(3)17(14)26-20/h15,22H,5-10H2,1-4H3,(H,23,24)/t15-,20?/m0/s1. The lowest BCUT2D eigenvalue weighted by Gasteiger charge is -2.41. The van der Waals surface area contributed by atoms with E-state index in [2.05, 4.69) is 0 Å². The van der Waals surface area contributed by atoms with Gasteiger partial charge in [0.2, 0.25) is 0 Å². The van der Waals surface area contributed by atoms with E-state index in [9.17, 15) is 19.8 Å². The largest absolute Gasteiger partial charge is 0.507 e. The Balaban J connectivity index is 2.01. The number of carbonyl (C=O) groups excluding carboxylic acids is 1. The molecule has 0 radical (unpaired) electrons. The minimum Gasteiger partial charge on any atom is -0.507 e. The molecule has 6 nitrogen and oxygen atoms in total. The number of hydrogen-bond acceptors (Lipinski definition) is 4. The highest BCUT2D eigenvalue weighted by Crippen LogP contribution is 2.45. The van der Waals surface area contributed by atoms with Crippen molar-refractivity contribution in [3.05, 3.63) is 22.3 Å². The highest BCUT2D eigenvalue weighted by molar-refractivity contribution is 5.90. The lowest BCUT2D eigenvalue weighted by atomic mass is 9.84. The van der Waals surface area contributed by atoms with E-state index in [1.54, 1.807) is 0 Å². The van der Waals surface area contributed by atoms with Crippen molar-refractivity contribution in [1.82, 2.24) is 4.90 Å². The van der Waals surface area contributed by atoms with Gasteiger partial charge in [0.1, 0.15) is 17.5 Å². The summed E-state index contributed by atoms with van der Waals surface area (Å²) in [5.74, 6) is -0.222. The highest BCUT2D eigenvalue weighted by atomic mass is 16.5. The third-order valence-electron chi connectivity index (χ3n) is 6.18. The van der Waals surface area contributed by atoms with E-state index in [1.807, 2.05) is 27.7 Å². The topological polar surface area (TPSA) is 87.1 Å². The average molecular weight is 361 g/mol. The number of aromatic hydroxyl groups is 1. The fourth-order valence-corrected chi connectivity index (χ4v) is 4.26. The minimum absolute atomic E-state index is 0.224. The van der Waals surface area contributed by atoms with Crippen LogP contribution in [0, 0.1) is 20.8 Å². The predicted octanol–water partition coefficient (Wildman–Crippen LogP) is 2.87. The molecule has 6 heteroatoms. The Bertz CT molecular complexity index is 772. The van der Waals surface area contributed by atoms with Gasteiger partial charge >= 0.3 is 5.97 Å². The van der Waals surface area contributed by atoms with Crippen LogP contribution in [0.2, 0.25) is 0 Å². The van der Waals surface area contributed by atoms with Crippen molar-refractivity contribution in [3.63, 3.8) is 0 Å². The Morgan fingerprint density at radius 1 is 1.23 bits per heavy atom. The summed E-state index contributed by atoms with van der Waals surface area (Å²) in [7, 11) is 0. The molecule has 2 N–H and O–H groups in total. The predicted molar refractivity (Wildman–Crippen MR) is 96.7 cm³/mol. The van der Waals surface area contributed by atoms with Crippen LogP contribution in [0.15, 0.2) is 0 Å². The highest BCUT2D eigenvalue weighted by Gasteiger charge is 2.49. The van der Waals surface area contributed by atoms with Crippen LogP contribution in [0.1, 0.15) is 54.9 Å². The zero-order valence-corrected chi connectivity index (χ0v) is 15.9. The van der Waals surface area contributed by atoms with Crippen molar-refractivity contribution in [1.29, 1.82) is 0 Å². The molecule has 0 aromatic heterocycles. The molecule has 0 saturated carbocycles. The summed E-state index contributed by atoms with van der Waals surface area (Å²) in [4.78, 5) is 26.3. The lowest BCUT2D eigenvalue weighted by molar-refractivity contribution is -0.158. The number of rotatable bonds is 3. The summed E-state index contributed by atoms with van der Waals surface area (Å²) in [6, 6.07) is -0.764. The number of benzene rings is 1. The molecule has 2 aliphatic heterocycles. The number of likely N-dealkylation sites (tertiary alicyclic amines) is 1. The van der Waals surface area contributed by atoms with Gasteiger partial charge < -0.3 is 19.8 Å². The van der Waals surface area contributed by atoms with E-state index in [0.717, 1.165) is 22.3 Å². The van der Waals surface area contributed by atoms with Crippen LogP contribution in [0.4, 0.5) is 0 Å². The maximum absolute atomic E-state index is 13.3. The van der Waals surface area contributed by atoms with E-state index in [1.165, 1.54) is 4.90 Å². The van der Waals surface area contributed by atoms with Crippen LogP contribution < -0.4 is 4.74 Å². The third-order valence-corrected chi connectivity index (χ3v) is 6.18. The van der Waals surface area contributed by atoms with Gasteiger partial charge in [-0.2, -0.15) is 0 Å². The molecule has 3 rings (SSSR count). The zero-order chi connectivity index (χ0) is 19.2. The monoisotopic (exact) mass is 361 g/mol. The number of carboxylic acids is 1. The molecule has 2 atom stereocenters. The summed E-state index contributed by atoms with van der Waals surface area (Å²) >= 11 is 0. The SMILES string of the molecule is CCC1(C(=O)N2CCC[C@H]2C(=O)O)CCc2c(C)c(O)c(C)c(C)c2O1. The molecule has 0 spiro atoms.